The molecule has 0 fully saturated rings. The molecule has 0 radical (unpaired) electrons. The molecule has 0 aliphatic heterocycles. The van der Waals surface area contributed by atoms with Crippen molar-refractivity contribution in [2.75, 3.05) is 6.26 Å². The summed E-state index contributed by atoms with van der Waals surface area (Å²) < 4.78 is 22.2. The quantitative estimate of drug-likeness (QED) is 0.612. The van der Waals surface area contributed by atoms with E-state index in [4.69, 9.17) is 5.26 Å². The molecule has 0 saturated heterocycles. The molecule has 0 bridgehead atoms. The molecular formula is C11H19NO3S. The second-order valence-electron chi connectivity index (χ2n) is 3.97. The van der Waals surface area contributed by atoms with Crippen molar-refractivity contribution in [3.8, 4) is 6.07 Å². The zero-order chi connectivity index (χ0) is 12.6. The molecule has 0 N–H and O–H groups in total. The van der Waals surface area contributed by atoms with E-state index in [2.05, 4.69) is 6.92 Å². The van der Waals surface area contributed by atoms with Crippen LogP contribution in [0.4, 0.5) is 0 Å². The monoisotopic (exact) mass is 245 g/mol. The van der Waals surface area contributed by atoms with Gasteiger partial charge >= 0.3 is 0 Å². The topological polar surface area (TPSA) is 75.0 Å². The highest BCUT2D eigenvalue weighted by atomic mass is 32.2. The van der Waals surface area contributed by atoms with E-state index in [1.54, 1.807) is 6.07 Å². The Bertz CT molecular complexity index is 354. The Labute approximate surface area is 97.6 Å². The summed E-state index contributed by atoms with van der Waals surface area (Å²) in [6.07, 6.45) is 6.01. The normalized spacial score (nSPS) is 13.1. The average molecular weight is 245 g/mol. The molecule has 92 valence electrons. The zero-order valence-electron chi connectivity index (χ0n) is 9.90. The fraction of sp³-hybridized carbons (Fsp3) is 0.818. The minimum atomic E-state index is -3.57. The number of sulfone groups is 1. The van der Waals surface area contributed by atoms with E-state index in [0.717, 1.165) is 31.9 Å². The number of carbonyl (C=O) groups excluding carboxylic acids is 1. The van der Waals surface area contributed by atoms with E-state index in [0.29, 0.717) is 6.42 Å². The summed E-state index contributed by atoms with van der Waals surface area (Å²) in [7, 11) is -3.57. The molecule has 0 amide bonds. The standard InChI is InChI=1S/C11H19NO3S/c1-3-4-5-6-7-8-10(13)11(9-12)16(2,14)15/h11H,3-8H2,1-2H3. The second kappa shape index (κ2) is 7.39. The van der Waals surface area contributed by atoms with Gasteiger partial charge in [-0.1, -0.05) is 32.6 Å². The molecule has 5 heteroatoms. The minimum absolute atomic E-state index is 0.189. The van der Waals surface area contributed by atoms with Crippen molar-refractivity contribution < 1.29 is 13.2 Å². The van der Waals surface area contributed by atoms with Crippen LogP contribution in [0.15, 0.2) is 0 Å². The first-order valence-corrected chi connectivity index (χ1v) is 7.50. The highest BCUT2D eigenvalue weighted by Crippen LogP contribution is 2.09. The maximum Gasteiger partial charge on any atom is 0.205 e. The van der Waals surface area contributed by atoms with Gasteiger partial charge in [-0.2, -0.15) is 5.26 Å². The van der Waals surface area contributed by atoms with Crippen LogP contribution in [0.3, 0.4) is 0 Å². The Morgan fingerprint density at radius 3 is 2.25 bits per heavy atom. The van der Waals surface area contributed by atoms with E-state index in [9.17, 15) is 13.2 Å². The number of rotatable bonds is 8. The maximum atomic E-state index is 11.5. The van der Waals surface area contributed by atoms with Crippen LogP contribution in [-0.4, -0.2) is 25.7 Å². The highest BCUT2D eigenvalue weighted by molar-refractivity contribution is 7.92. The van der Waals surface area contributed by atoms with Gasteiger partial charge in [0.15, 0.2) is 15.6 Å². The predicted molar refractivity (Wildman–Crippen MR) is 62.6 cm³/mol. The largest absolute Gasteiger partial charge is 0.297 e. The molecular weight excluding hydrogens is 226 g/mol. The van der Waals surface area contributed by atoms with Crippen molar-refractivity contribution in [3.05, 3.63) is 0 Å². The Kier molecular flexibility index (Phi) is 6.98. The predicted octanol–water partition coefficient (Wildman–Crippen LogP) is 1.85. The van der Waals surface area contributed by atoms with Gasteiger partial charge in [0, 0.05) is 12.7 Å². The van der Waals surface area contributed by atoms with Crippen LogP contribution in [0.25, 0.3) is 0 Å². The molecule has 0 aromatic heterocycles. The van der Waals surface area contributed by atoms with Crippen LogP contribution in [-0.2, 0) is 14.6 Å². The summed E-state index contributed by atoms with van der Waals surface area (Å²) in [6.45, 7) is 2.10. The van der Waals surface area contributed by atoms with Crippen LogP contribution in [0.2, 0.25) is 0 Å². The third-order valence-corrected chi connectivity index (χ3v) is 3.59. The fourth-order valence-corrected chi connectivity index (χ4v) is 2.23. The molecule has 0 saturated carbocycles. The Balaban J connectivity index is 4.02. The number of hydrogen-bond donors (Lipinski definition) is 0. The van der Waals surface area contributed by atoms with E-state index >= 15 is 0 Å². The molecule has 0 heterocycles. The van der Waals surface area contributed by atoms with Crippen molar-refractivity contribution in [1.29, 1.82) is 5.26 Å². The molecule has 0 aromatic carbocycles. The second-order valence-corrected chi connectivity index (χ2v) is 6.10. The molecule has 0 spiro atoms. The molecule has 16 heavy (non-hydrogen) atoms. The van der Waals surface area contributed by atoms with Gasteiger partial charge in [0.05, 0.1) is 6.07 Å². The minimum Gasteiger partial charge on any atom is -0.297 e. The zero-order valence-corrected chi connectivity index (χ0v) is 10.7. The average Bonchev–Trinajstić information content (AvgIpc) is 2.16. The van der Waals surface area contributed by atoms with Gasteiger partial charge in [0.25, 0.3) is 0 Å². The summed E-state index contributed by atoms with van der Waals surface area (Å²) in [5.41, 5.74) is 0. The first kappa shape index (κ1) is 15.1. The molecule has 4 nitrogen and oxygen atoms in total. The van der Waals surface area contributed by atoms with Gasteiger partial charge in [-0.25, -0.2) is 8.42 Å². The Morgan fingerprint density at radius 1 is 1.25 bits per heavy atom. The third kappa shape index (κ3) is 5.86. The van der Waals surface area contributed by atoms with Crippen molar-refractivity contribution in [1.82, 2.24) is 0 Å². The van der Waals surface area contributed by atoms with Crippen molar-refractivity contribution in [2.24, 2.45) is 0 Å². The van der Waals surface area contributed by atoms with E-state index < -0.39 is 20.9 Å². The van der Waals surface area contributed by atoms with E-state index in [-0.39, 0.29) is 6.42 Å². The number of Topliss-reactive ketones (excluding diaryl/α,β-unsaturated/α-hetero) is 1. The first-order chi connectivity index (χ1) is 7.43. The number of carbonyl (C=O) groups is 1. The summed E-state index contributed by atoms with van der Waals surface area (Å²) in [4.78, 5) is 11.5. The molecule has 1 atom stereocenters. The maximum absolute atomic E-state index is 11.5. The van der Waals surface area contributed by atoms with Gasteiger partial charge in [-0.05, 0) is 6.42 Å². The number of nitriles is 1. The highest BCUT2D eigenvalue weighted by Gasteiger charge is 2.27. The summed E-state index contributed by atoms with van der Waals surface area (Å²) in [5, 5.41) is 7.15. The van der Waals surface area contributed by atoms with Crippen LogP contribution >= 0.6 is 0 Å². The summed E-state index contributed by atoms with van der Waals surface area (Å²) in [5.74, 6) is -0.471. The lowest BCUT2D eigenvalue weighted by molar-refractivity contribution is -0.117. The number of nitrogens with zero attached hydrogens (tertiary/aromatic N) is 1. The van der Waals surface area contributed by atoms with Crippen molar-refractivity contribution in [2.45, 2.75) is 50.7 Å². The summed E-state index contributed by atoms with van der Waals surface area (Å²) >= 11 is 0. The SMILES string of the molecule is CCCCCCCC(=O)C(C#N)S(C)(=O)=O. The van der Waals surface area contributed by atoms with Gasteiger partial charge in [-0.15, -0.1) is 0 Å². The van der Waals surface area contributed by atoms with Gasteiger partial charge in [-0.3, -0.25) is 4.79 Å². The van der Waals surface area contributed by atoms with Crippen LogP contribution in [0, 0.1) is 11.3 Å². The van der Waals surface area contributed by atoms with Crippen LogP contribution in [0.1, 0.15) is 45.4 Å². The van der Waals surface area contributed by atoms with E-state index in [1.165, 1.54) is 0 Å². The molecule has 0 aliphatic rings. The molecule has 0 aliphatic carbocycles. The first-order valence-electron chi connectivity index (χ1n) is 5.54. The molecule has 0 aromatic rings. The van der Waals surface area contributed by atoms with Gasteiger partial charge in [0.1, 0.15) is 0 Å². The number of hydrogen-bond acceptors (Lipinski definition) is 4. The third-order valence-electron chi connectivity index (χ3n) is 2.36. The molecule has 1 unspecified atom stereocenters. The van der Waals surface area contributed by atoms with Crippen molar-refractivity contribution in [3.63, 3.8) is 0 Å². The van der Waals surface area contributed by atoms with Gasteiger partial charge in [0.2, 0.25) is 5.25 Å². The Morgan fingerprint density at radius 2 is 1.81 bits per heavy atom. The molecule has 0 rings (SSSR count). The number of unbranched alkanes of at least 4 members (excludes halogenated alkanes) is 4. The lowest BCUT2D eigenvalue weighted by atomic mass is 10.1. The van der Waals surface area contributed by atoms with E-state index in [1.807, 2.05) is 0 Å². The lowest BCUT2D eigenvalue weighted by Crippen LogP contribution is -2.27. The smallest absolute Gasteiger partial charge is 0.205 e. The van der Waals surface area contributed by atoms with Crippen molar-refractivity contribution >= 4 is 15.6 Å². The fourth-order valence-electron chi connectivity index (χ4n) is 1.44. The number of ketones is 1. The van der Waals surface area contributed by atoms with Gasteiger partial charge < -0.3 is 0 Å². The van der Waals surface area contributed by atoms with Crippen LogP contribution in [0.5, 0.6) is 0 Å². The van der Waals surface area contributed by atoms with Crippen LogP contribution < -0.4 is 0 Å². The summed E-state index contributed by atoms with van der Waals surface area (Å²) in [6, 6.07) is 1.56. The lowest BCUT2D eigenvalue weighted by Gasteiger charge is -2.05. The Hall–Kier alpha value is -0.890.